The van der Waals surface area contributed by atoms with Gasteiger partial charge in [-0.1, -0.05) is 36.4 Å². The molecule has 1 N–H and O–H groups in total. The Balaban J connectivity index is 1.84. The first kappa shape index (κ1) is 13.7. The van der Waals surface area contributed by atoms with Crippen LogP contribution >= 0.6 is 11.6 Å². The maximum Gasteiger partial charge on any atom is 0.227 e. The highest BCUT2D eigenvalue weighted by atomic mass is 35.5. The highest BCUT2D eigenvalue weighted by Gasteiger charge is 2.08. The van der Waals surface area contributed by atoms with Crippen LogP contribution in [0.15, 0.2) is 54.6 Å². The molecule has 0 aliphatic carbocycles. The molecule has 4 heteroatoms. The lowest BCUT2D eigenvalue weighted by Crippen LogP contribution is -1.95. The third-order valence-corrected chi connectivity index (χ3v) is 3.38. The normalized spacial score (nSPS) is 10.7. The lowest BCUT2D eigenvalue weighted by Gasteiger charge is -2.07. The van der Waals surface area contributed by atoms with E-state index >= 15 is 0 Å². The number of ether oxygens (including phenoxy) is 1. The Morgan fingerprint density at radius 3 is 2.67 bits per heavy atom. The molecule has 0 unspecified atom stereocenters. The van der Waals surface area contributed by atoms with Crippen molar-refractivity contribution in [3.05, 3.63) is 65.9 Å². The van der Waals surface area contributed by atoms with Gasteiger partial charge in [-0.25, -0.2) is 0 Å². The Morgan fingerprint density at radius 1 is 1.10 bits per heavy atom. The van der Waals surface area contributed by atoms with Crippen molar-refractivity contribution >= 4 is 27.7 Å². The molecule has 21 heavy (non-hydrogen) atoms. The number of nitrogens with one attached hydrogen (secondary N) is 1. The van der Waals surface area contributed by atoms with Crippen LogP contribution in [0.1, 0.15) is 11.3 Å². The number of H-pyrrole nitrogens is 1. The van der Waals surface area contributed by atoms with Crippen LogP contribution in [0.4, 0.5) is 0 Å². The van der Waals surface area contributed by atoms with E-state index in [2.05, 4.69) is 4.98 Å². The second-order valence-electron chi connectivity index (χ2n) is 4.82. The van der Waals surface area contributed by atoms with Gasteiger partial charge in [0.1, 0.15) is 12.4 Å². The van der Waals surface area contributed by atoms with E-state index < -0.39 is 0 Å². The summed E-state index contributed by atoms with van der Waals surface area (Å²) in [6, 6.07) is 17.7. The van der Waals surface area contributed by atoms with Crippen molar-refractivity contribution in [1.29, 1.82) is 0 Å². The lowest BCUT2D eigenvalue weighted by atomic mass is 10.2. The minimum absolute atomic E-state index is 0.189. The van der Waals surface area contributed by atoms with Crippen LogP contribution in [0.25, 0.3) is 10.9 Å². The largest absolute Gasteiger partial charge is 0.488 e. The molecule has 3 rings (SSSR count). The number of fused-ring (bicyclic) bond motifs is 1. The molecule has 106 valence electrons. The van der Waals surface area contributed by atoms with E-state index in [1.165, 1.54) is 0 Å². The Kier molecular flexibility index (Phi) is 3.93. The Morgan fingerprint density at radius 2 is 1.90 bits per heavy atom. The molecule has 0 spiro atoms. The van der Waals surface area contributed by atoms with E-state index in [0.717, 1.165) is 27.9 Å². The molecule has 0 radical (unpaired) electrons. The first-order valence-corrected chi connectivity index (χ1v) is 7.06. The quantitative estimate of drug-likeness (QED) is 0.722. The maximum atomic E-state index is 11.0. The van der Waals surface area contributed by atoms with Crippen LogP contribution < -0.4 is 4.74 Å². The number of rotatable bonds is 5. The van der Waals surface area contributed by atoms with Gasteiger partial charge in [0.15, 0.2) is 0 Å². The van der Waals surface area contributed by atoms with E-state index in [9.17, 15) is 4.79 Å². The van der Waals surface area contributed by atoms with Crippen molar-refractivity contribution in [2.75, 3.05) is 0 Å². The zero-order valence-corrected chi connectivity index (χ0v) is 12.1. The minimum Gasteiger partial charge on any atom is -0.488 e. The van der Waals surface area contributed by atoms with Crippen molar-refractivity contribution in [3.63, 3.8) is 0 Å². The highest BCUT2D eigenvalue weighted by Crippen LogP contribution is 2.27. The third-order valence-electron chi connectivity index (χ3n) is 3.25. The number of hydrogen-bond donors (Lipinski definition) is 1. The van der Waals surface area contributed by atoms with Crippen LogP contribution in [0.3, 0.4) is 0 Å². The smallest absolute Gasteiger partial charge is 0.227 e. The van der Waals surface area contributed by atoms with Crippen LogP contribution in [0, 0.1) is 0 Å². The molecular formula is C17H14ClNO2. The summed E-state index contributed by atoms with van der Waals surface area (Å²) in [6.07, 6.45) is 0.189. The number of hydrogen-bond acceptors (Lipinski definition) is 2. The standard InChI is InChI=1S/C17H14ClNO2/c18-17(20)10-13-9-14-15(19-13)7-4-8-16(14)21-11-12-5-2-1-3-6-12/h1-9,19H,10-11H2. The molecule has 1 heterocycles. The van der Waals surface area contributed by atoms with Gasteiger partial charge < -0.3 is 9.72 Å². The van der Waals surface area contributed by atoms with Gasteiger partial charge in [0.25, 0.3) is 0 Å². The van der Waals surface area contributed by atoms with Crippen molar-refractivity contribution in [1.82, 2.24) is 4.98 Å². The van der Waals surface area contributed by atoms with Crippen molar-refractivity contribution < 1.29 is 9.53 Å². The molecule has 0 aliphatic heterocycles. The Hall–Kier alpha value is -2.26. The van der Waals surface area contributed by atoms with Crippen LogP contribution in [0.2, 0.25) is 0 Å². The number of halogens is 1. The molecule has 0 atom stereocenters. The zero-order valence-electron chi connectivity index (χ0n) is 11.3. The fourth-order valence-electron chi connectivity index (χ4n) is 2.29. The van der Waals surface area contributed by atoms with Crippen molar-refractivity contribution in [2.45, 2.75) is 13.0 Å². The van der Waals surface area contributed by atoms with E-state index in [4.69, 9.17) is 16.3 Å². The monoisotopic (exact) mass is 299 g/mol. The average Bonchev–Trinajstić information content (AvgIpc) is 2.88. The van der Waals surface area contributed by atoms with E-state index in [1.54, 1.807) is 0 Å². The van der Waals surface area contributed by atoms with Crippen molar-refractivity contribution in [2.24, 2.45) is 0 Å². The summed E-state index contributed by atoms with van der Waals surface area (Å²) >= 11 is 5.43. The number of carbonyl (C=O) groups excluding carboxylic acids is 1. The summed E-state index contributed by atoms with van der Waals surface area (Å²) < 4.78 is 5.89. The molecule has 2 aromatic carbocycles. The molecule has 0 aliphatic rings. The van der Waals surface area contributed by atoms with Crippen LogP contribution in [-0.2, 0) is 17.8 Å². The summed E-state index contributed by atoms with van der Waals surface area (Å²) in [6.45, 7) is 0.509. The molecule has 0 saturated heterocycles. The Bertz CT molecular complexity index is 765. The van der Waals surface area contributed by atoms with Gasteiger partial charge in [-0.05, 0) is 35.4 Å². The van der Waals surface area contributed by atoms with E-state index in [1.807, 2.05) is 54.6 Å². The van der Waals surface area contributed by atoms with Crippen LogP contribution in [-0.4, -0.2) is 10.2 Å². The van der Waals surface area contributed by atoms with Gasteiger partial charge in [-0.2, -0.15) is 0 Å². The highest BCUT2D eigenvalue weighted by molar-refractivity contribution is 6.63. The topological polar surface area (TPSA) is 42.1 Å². The number of aromatic amines is 1. The van der Waals surface area contributed by atoms with Gasteiger partial charge in [0, 0.05) is 16.6 Å². The predicted octanol–water partition coefficient (Wildman–Crippen LogP) is 4.05. The summed E-state index contributed by atoms with van der Waals surface area (Å²) in [5, 5.41) is 0.578. The molecule has 0 saturated carbocycles. The van der Waals surface area contributed by atoms with Gasteiger partial charge in [-0.3, -0.25) is 4.79 Å². The minimum atomic E-state index is -0.381. The summed E-state index contributed by atoms with van der Waals surface area (Å²) in [4.78, 5) is 14.2. The zero-order chi connectivity index (χ0) is 14.7. The first-order chi connectivity index (χ1) is 10.2. The first-order valence-electron chi connectivity index (χ1n) is 6.68. The molecule has 3 aromatic rings. The lowest BCUT2D eigenvalue weighted by molar-refractivity contribution is -0.111. The fraction of sp³-hybridized carbons (Fsp3) is 0.118. The second kappa shape index (κ2) is 6.02. The molecular weight excluding hydrogens is 286 g/mol. The summed E-state index contributed by atoms with van der Waals surface area (Å²) in [5.74, 6) is 0.792. The predicted molar refractivity (Wildman–Crippen MR) is 83.6 cm³/mol. The third kappa shape index (κ3) is 3.26. The van der Waals surface area contributed by atoms with Gasteiger partial charge in [0.2, 0.25) is 5.24 Å². The van der Waals surface area contributed by atoms with E-state index in [-0.39, 0.29) is 11.7 Å². The molecule has 0 amide bonds. The van der Waals surface area contributed by atoms with Crippen LogP contribution in [0.5, 0.6) is 5.75 Å². The molecule has 1 aromatic heterocycles. The molecule has 0 fully saturated rings. The van der Waals surface area contributed by atoms with Gasteiger partial charge in [0.05, 0.1) is 6.42 Å². The summed E-state index contributed by atoms with van der Waals surface area (Å²) in [7, 11) is 0. The number of aromatic nitrogens is 1. The fourth-order valence-corrected chi connectivity index (χ4v) is 2.44. The average molecular weight is 300 g/mol. The molecule has 0 bridgehead atoms. The number of benzene rings is 2. The number of carbonyl (C=O) groups is 1. The Labute approximate surface area is 127 Å². The van der Waals surface area contributed by atoms with Gasteiger partial charge in [-0.15, -0.1) is 0 Å². The molecule has 3 nitrogen and oxygen atoms in total. The second-order valence-corrected chi connectivity index (χ2v) is 5.24. The van der Waals surface area contributed by atoms with Gasteiger partial charge >= 0.3 is 0 Å². The van der Waals surface area contributed by atoms with E-state index in [0.29, 0.717) is 6.61 Å². The van der Waals surface area contributed by atoms with Crippen molar-refractivity contribution in [3.8, 4) is 5.75 Å². The SMILES string of the molecule is O=C(Cl)Cc1cc2c(OCc3ccccc3)cccc2[nH]1. The maximum absolute atomic E-state index is 11.0. The summed E-state index contributed by atoms with van der Waals surface area (Å²) in [5.41, 5.74) is 2.84.